The minimum Gasteiger partial charge on any atom is -0.303 e. The molecule has 1 heteroatoms. The summed E-state index contributed by atoms with van der Waals surface area (Å²) < 4.78 is 0. The number of rotatable bonds is 18. The van der Waals surface area contributed by atoms with E-state index in [1.165, 1.54) is 109 Å². The van der Waals surface area contributed by atoms with E-state index in [4.69, 9.17) is 0 Å². The zero-order valence-electron chi connectivity index (χ0n) is 17.0. The SMILES string of the molecule is CCCCCCCCCCCCC(CCCCC)N(C)CCC. The van der Waals surface area contributed by atoms with Gasteiger partial charge in [0.1, 0.15) is 0 Å². The average Bonchev–Trinajstić information content (AvgIpc) is 2.55. The maximum atomic E-state index is 2.63. The van der Waals surface area contributed by atoms with E-state index in [9.17, 15) is 0 Å². The van der Waals surface area contributed by atoms with Crippen molar-refractivity contribution in [1.29, 1.82) is 0 Å². The largest absolute Gasteiger partial charge is 0.303 e. The Kier molecular flexibility index (Phi) is 18.3. The molecule has 0 fully saturated rings. The van der Waals surface area contributed by atoms with Crippen molar-refractivity contribution < 1.29 is 0 Å². The Bertz CT molecular complexity index is 214. The van der Waals surface area contributed by atoms with Crippen LogP contribution in [0.3, 0.4) is 0 Å². The molecule has 0 rings (SSSR count). The molecule has 0 aromatic rings. The normalized spacial score (nSPS) is 12.9. The molecule has 0 amide bonds. The molecule has 1 unspecified atom stereocenters. The van der Waals surface area contributed by atoms with E-state index in [2.05, 4.69) is 32.7 Å². The first-order valence-corrected chi connectivity index (χ1v) is 11.0. The van der Waals surface area contributed by atoms with E-state index >= 15 is 0 Å². The van der Waals surface area contributed by atoms with E-state index in [-0.39, 0.29) is 0 Å². The number of nitrogens with zero attached hydrogens (tertiary/aromatic N) is 1. The molecule has 140 valence electrons. The fourth-order valence-corrected chi connectivity index (χ4v) is 3.62. The summed E-state index contributed by atoms with van der Waals surface area (Å²) in [6.45, 7) is 8.19. The first kappa shape index (κ1) is 23.0. The highest BCUT2D eigenvalue weighted by molar-refractivity contribution is 4.69. The lowest BCUT2D eigenvalue weighted by molar-refractivity contribution is 0.210. The van der Waals surface area contributed by atoms with Crippen LogP contribution in [0.4, 0.5) is 0 Å². The van der Waals surface area contributed by atoms with Gasteiger partial charge in [-0.25, -0.2) is 0 Å². The highest BCUT2D eigenvalue weighted by Gasteiger charge is 2.13. The quantitative estimate of drug-likeness (QED) is 0.235. The lowest BCUT2D eigenvalue weighted by Gasteiger charge is -2.28. The standard InChI is InChI=1S/C22H47N/c1-5-8-10-11-12-13-14-15-16-18-20-22(19-17-9-6-2)23(4)21-7-3/h22H,5-21H2,1-4H3. The lowest BCUT2D eigenvalue weighted by atomic mass is 9.99. The fraction of sp³-hybridized carbons (Fsp3) is 1.00. The van der Waals surface area contributed by atoms with Crippen molar-refractivity contribution in [2.45, 2.75) is 130 Å². The second kappa shape index (κ2) is 18.3. The smallest absolute Gasteiger partial charge is 0.00922 e. The summed E-state index contributed by atoms with van der Waals surface area (Å²) in [5, 5.41) is 0. The third kappa shape index (κ3) is 15.2. The molecule has 0 aromatic heterocycles. The van der Waals surface area contributed by atoms with Crippen LogP contribution < -0.4 is 0 Å². The minimum atomic E-state index is 0.843. The van der Waals surface area contributed by atoms with E-state index in [1.807, 2.05) is 0 Å². The molecule has 23 heavy (non-hydrogen) atoms. The Balaban J connectivity index is 3.60. The van der Waals surface area contributed by atoms with Crippen molar-refractivity contribution in [1.82, 2.24) is 4.90 Å². The maximum absolute atomic E-state index is 2.63. The lowest BCUT2D eigenvalue weighted by Crippen LogP contribution is -2.32. The molecule has 0 N–H and O–H groups in total. The van der Waals surface area contributed by atoms with E-state index in [0.717, 1.165) is 6.04 Å². The van der Waals surface area contributed by atoms with Crippen LogP contribution in [-0.2, 0) is 0 Å². The second-order valence-electron chi connectivity index (χ2n) is 7.60. The van der Waals surface area contributed by atoms with Gasteiger partial charge in [0, 0.05) is 6.04 Å². The molecule has 0 saturated heterocycles. The molecule has 0 heterocycles. The topological polar surface area (TPSA) is 3.24 Å². The number of hydrogen-bond donors (Lipinski definition) is 0. The van der Waals surface area contributed by atoms with Gasteiger partial charge in [0.25, 0.3) is 0 Å². The molecule has 0 aromatic carbocycles. The summed E-state index contributed by atoms with van der Waals surface area (Å²) >= 11 is 0. The molecule has 0 aliphatic rings. The fourth-order valence-electron chi connectivity index (χ4n) is 3.62. The van der Waals surface area contributed by atoms with Crippen molar-refractivity contribution >= 4 is 0 Å². The third-order valence-corrected chi connectivity index (χ3v) is 5.23. The van der Waals surface area contributed by atoms with Crippen LogP contribution in [0.2, 0.25) is 0 Å². The first-order valence-electron chi connectivity index (χ1n) is 11.0. The number of hydrogen-bond acceptors (Lipinski definition) is 1. The summed E-state index contributed by atoms with van der Waals surface area (Å²) in [4.78, 5) is 2.63. The molecular formula is C22H47N. The van der Waals surface area contributed by atoms with Gasteiger partial charge in [0.2, 0.25) is 0 Å². The zero-order chi connectivity index (χ0) is 17.2. The third-order valence-electron chi connectivity index (χ3n) is 5.23. The molecule has 1 nitrogen and oxygen atoms in total. The van der Waals surface area contributed by atoms with Crippen molar-refractivity contribution in [3.05, 3.63) is 0 Å². The van der Waals surface area contributed by atoms with Gasteiger partial charge >= 0.3 is 0 Å². The van der Waals surface area contributed by atoms with Gasteiger partial charge in [-0.3, -0.25) is 0 Å². The Morgan fingerprint density at radius 3 is 1.39 bits per heavy atom. The van der Waals surface area contributed by atoms with Crippen LogP contribution in [0.5, 0.6) is 0 Å². The van der Waals surface area contributed by atoms with E-state index in [0.29, 0.717) is 0 Å². The summed E-state index contributed by atoms with van der Waals surface area (Å²) in [6, 6.07) is 0.843. The Labute approximate surface area is 148 Å². The number of unbranched alkanes of at least 4 members (excludes halogenated alkanes) is 11. The van der Waals surface area contributed by atoms with Gasteiger partial charge in [-0.05, 0) is 32.9 Å². The Hall–Kier alpha value is -0.0400. The predicted molar refractivity (Wildman–Crippen MR) is 107 cm³/mol. The van der Waals surface area contributed by atoms with Crippen LogP contribution in [0.1, 0.15) is 124 Å². The first-order chi connectivity index (χ1) is 11.3. The monoisotopic (exact) mass is 325 g/mol. The molecule has 0 saturated carbocycles. The second-order valence-corrected chi connectivity index (χ2v) is 7.60. The van der Waals surface area contributed by atoms with Gasteiger partial charge in [-0.1, -0.05) is 104 Å². The zero-order valence-corrected chi connectivity index (χ0v) is 17.0. The summed E-state index contributed by atoms with van der Waals surface area (Å²) in [6.07, 6.45) is 22.8. The molecule has 1 atom stereocenters. The van der Waals surface area contributed by atoms with Gasteiger partial charge in [-0.15, -0.1) is 0 Å². The van der Waals surface area contributed by atoms with Crippen LogP contribution in [0, 0.1) is 0 Å². The summed E-state index contributed by atoms with van der Waals surface area (Å²) in [5.74, 6) is 0. The Morgan fingerprint density at radius 2 is 0.913 bits per heavy atom. The molecule has 0 spiro atoms. The van der Waals surface area contributed by atoms with Gasteiger partial charge in [0.15, 0.2) is 0 Å². The maximum Gasteiger partial charge on any atom is 0.00922 e. The Morgan fingerprint density at radius 1 is 0.522 bits per heavy atom. The minimum absolute atomic E-state index is 0.843. The van der Waals surface area contributed by atoms with E-state index < -0.39 is 0 Å². The highest BCUT2D eigenvalue weighted by atomic mass is 15.1. The van der Waals surface area contributed by atoms with Crippen LogP contribution >= 0.6 is 0 Å². The molecular weight excluding hydrogens is 278 g/mol. The van der Waals surface area contributed by atoms with Crippen molar-refractivity contribution in [3.8, 4) is 0 Å². The van der Waals surface area contributed by atoms with Crippen LogP contribution in [-0.4, -0.2) is 24.5 Å². The van der Waals surface area contributed by atoms with Crippen LogP contribution in [0.15, 0.2) is 0 Å². The van der Waals surface area contributed by atoms with E-state index in [1.54, 1.807) is 0 Å². The van der Waals surface area contributed by atoms with Gasteiger partial charge in [0.05, 0.1) is 0 Å². The van der Waals surface area contributed by atoms with Crippen molar-refractivity contribution in [3.63, 3.8) is 0 Å². The average molecular weight is 326 g/mol. The molecule has 0 aliphatic carbocycles. The van der Waals surface area contributed by atoms with Gasteiger partial charge < -0.3 is 4.90 Å². The molecule has 0 radical (unpaired) electrons. The molecule has 0 bridgehead atoms. The van der Waals surface area contributed by atoms with Crippen molar-refractivity contribution in [2.75, 3.05) is 13.6 Å². The van der Waals surface area contributed by atoms with Crippen molar-refractivity contribution in [2.24, 2.45) is 0 Å². The van der Waals surface area contributed by atoms with Gasteiger partial charge in [-0.2, -0.15) is 0 Å². The summed E-state index contributed by atoms with van der Waals surface area (Å²) in [7, 11) is 2.34. The predicted octanol–water partition coefficient (Wildman–Crippen LogP) is 7.59. The summed E-state index contributed by atoms with van der Waals surface area (Å²) in [5.41, 5.74) is 0. The molecule has 0 aliphatic heterocycles. The highest BCUT2D eigenvalue weighted by Crippen LogP contribution is 2.17. The van der Waals surface area contributed by atoms with Crippen LogP contribution in [0.25, 0.3) is 0 Å².